The van der Waals surface area contributed by atoms with Crippen molar-refractivity contribution in [1.82, 2.24) is 0 Å². The van der Waals surface area contributed by atoms with Crippen LogP contribution in [0.15, 0.2) is 18.2 Å². The maximum absolute atomic E-state index is 9.52. The fourth-order valence-electron chi connectivity index (χ4n) is 2.21. The van der Waals surface area contributed by atoms with E-state index in [0.29, 0.717) is 5.02 Å². The molecule has 0 unspecified atom stereocenters. The van der Waals surface area contributed by atoms with Gasteiger partial charge in [-0.05, 0) is 32.9 Å². The molecular formula is C14H24ClN2O+. The van der Waals surface area contributed by atoms with E-state index in [1.54, 1.807) is 12.1 Å². The Kier molecular flexibility index (Phi) is 5.76. The summed E-state index contributed by atoms with van der Waals surface area (Å²) in [7, 11) is 0. The fraction of sp³-hybridized carbons (Fsp3) is 0.571. The Morgan fingerprint density at radius 1 is 1.17 bits per heavy atom. The number of hydrogen-bond donors (Lipinski definition) is 2. The summed E-state index contributed by atoms with van der Waals surface area (Å²) in [4.78, 5) is 0. The average molecular weight is 272 g/mol. The van der Waals surface area contributed by atoms with Gasteiger partial charge in [-0.25, -0.2) is 0 Å². The van der Waals surface area contributed by atoms with Crippen LogP contribution in [0.3, 0.4) is 0 Å². The zero-order valence-corrected chi connectivity index (χ0v) is 12.3. The number of phenols is 1. The molecule has 0 fully saturated rings. The van der Waals surface area contributed by atoms with Crippen LogP contribution in [0.4, 0.5) is 5.69 Å². The van der Waals surface area contributed by atoms with Crippen molar-refractivity contribution in [2.75, 3.05) is 38.0 Å². The lowest BCUT2D eigenvalue weighted by molar-refractivity contribution is -0.921. The molecule has 1 aromatic carbocycles. The van der Waals surface area contributed by atoms with Gasteiger partial charge >= 0.3 is 0 Å². The third kappa shape index (κ3) is 3.79. The van der Waals surface area contributed by atoms with E-state index >= 15 is 0 Å². The first-order valence-electron chi connectivity index (χ1n) is 6.64. The number of rotatable bonds is 7. The quantitative estimate of drug-likeness (QED) is 0.746. The lowest BCUT2D eigenvalue weighted by Crippen LogP contribution is -2.50. The lowest BCUT2D eigenvalue weighted by Gasteiger charge is -2.35. The van der Waals surface area contributed by atoms with Crippen LogP contribution in [0, 0.1) is 0 Å². The van der Waals surface area contributed by atoms with Crippen molar-refractivity contribution in [3.8, 4) is 5.75 Å². The number of benzene rings is 1. The van der Waals surface area contributed by atoms with E-state index in [0.717, 1.165) is 42.9 Å². The highest BCUT2D eigenvalue weighted by Crippen LogP contribution is 2.26. The van der Waals surface area contributed by atoms with Crippen LogP contribution in [0.5, 0.6) is 5.75 Å². The maximum atomic E-state index is 9.52. The third-order valence-corrected chi connectivity index (χ3v) is 4.19. The Balaban J connectivity index is 2.52. The van der Waals surface area contributed by atoms with Crippen LogP contribution < -0.4 is 5.32 Å². The van der Waals surface area contributed by atoms with Gasteiger partial charge in [-0.15, -0.1) is 0 Å². The number of likely N-dealkylation sites (N-methyl/N-ethyl adjacent to an activating group) is 1. The zero-order valence-electron chi connectivity index (χ0n) is 11.5. The van der Waals surface area contributed by atoms with Gasteiger partial charge in [-0.1, -0.05) is 11.6 Å². The third-order valence-electron chi connectivity index (χ3n) is 3.87. The minimum absolute atomic E-state index is 0.129. The molecule has 0 aromatic heterocycles. The van der Waals surface area contributed by atoms with Crippen molar-refractivity contribution in [2.45, 2.75) is 20.8 Å². The predicted octanol–water partition coefficient (Wildman–Crippen LogP) is 3.33. The summed E-state index contributed by atoms with van der Waals surface area (Å²) in [6.07, 6.45) is 0. The first-order valence-corrected chi connectivity index (χ1v) is 7.02. The summed E-state index contributed by atoms with van der Waals surface area (Å²) in [5.74, 6) is 0.129. The second-order valence-corrected chi connectivity index (χ2v) is 5.01. The molecule has 1 aromatic rings. The molecule has 102 valence electrons. The SMILES string of the molecule is CC[N+](CC)(CC)CCNc1ccc(Cl)c(O)c1. The second kappa shape index (κ2) is 6.86. The molecule has 0 aliphatic carbocycles. The molecule has 0 atom stereocenters. The lowest BCUT2D eigenvalue weighted by atomic mass is 10.3. The summed E-state index contributed by atoms with van der Waals surface area (Å²) in [6.45, 7) is 12.2. The Morgan fingerprint density at radius 2 is 1.78 bits per heavy atom. The predicted molar refractivity (Wildman–Crippen MR) is 78.4 cm³/mol. The number of halogens is 1. The standard InChI is InChI=1S/C14H23ClN2O/c1-4-17(5-2,6-3)10-9-16-12-7-8-13(15)14(18)11-12/h7-8,11,16H,4-6,9-10H2,1-3H3/p+1. The summed E-state index contributed by atoms with van der Waals surface area (Å²) < 4.78 is 1.12. The van der Waals surface area contributed by atoms with Crippen LogP contribution in [0.25, 0.3) is 0 Å². The maximum Gasteiger partial charge on any atom is 0.136 e. The van der Waals surface area contributed by atoms with Gasteiger partial charge in [0.05, 0.1) is 37.7 Å². The number of nitrogens with zero attached hydrogens (tertiary/aromatic N) is 1. The zero-order chi connectivity index (χ0) is 13.6. The molecule has 0 saturated heterocycles. The summed E-state index contributed by atoms with van der Waals surface area (Å²) >= 11 is 5.77. The van der Waals surface area contributed by atoms with Crippen molar-refractivity contribution in [1.29, 1.82) is 0 Å². The normalized spacial score (nSPS) is 11.6. The molecule has 0 amide bonds. The monoisotopic (exact) mass is 271 g/mol. The molecule has 0 radical (unpaired) electrons. The number of phenolic OH excluding ortho intramolecular Hbond substituents is 1. The largest absolute Gasteiger partial charge is 0.506 e. The topological polar surface area (TPSA) is 32.3 Å². The van der Waals surface area contributed by atoms with E-state index < -0.39 is 0 Å². The number of nitrogens with one attached hydrogen (secondary N) is 1. The van der Waals surface area contributed by atoms with E-state index in [-0.39, 0.29) is 5.75 Å². The minimum atomic E-state index is 0.129. The molecule has 4 heteroatoms. The van der Waals surface area contributed by atoms with Gasteiger partial charge in [0.25, 0.3) is 0 Å². The van der Waals surface area contributed by atoms with Gasteiger partial charge < -0.3 is 14.9 Å². The van der Waals surface area contributed by atoms with E-state index in [2.05, 4.69) is 26.1 Å². The van der Waals surface area contributed by atoms with Gasteiger partial charge in [0.1, 0.15) is 5.75 Å². The Bertz CT molecular complexity index is 370. The van der Waals surface area contributed by atoms with Gasteiger partial charge in [-0.3, -0.25) is 0 Å². The molecule has 18 heavy (non-hydrogen) atoms. The number of aromatic hydroxyl groups is 1. The van der Waals surface area contributed by atoms with Crippen molar-refractivity contribution in [2.24, 2.45) is 0 Å². The van der Waals surface area contributed by atoms with Gasteiger partial charge in [-0.2, -0.15) is 0 Å². The van der Waals surface area contributed by atoms with Crippen molar-refractivity contribution in [3.05, 3.63) is 23.2 Å². The summed E-state index contributed by atoms with van der Waals surface area (Å²) in [5.41, 5.74) is 0.915. The molecule has 0 heterocycles. The van der Waals surface area contributed by atoms with E-state index in [1.807, 2.05) is 6.07 Å². The molecule has 1 rings (SSSR count). The highest BCUT2D eigenvalue weighted by molar-refractivity contribution is 6.32. The van der Waals surface area contributed by atoms with E-state index in [1.165, 1.54) is 0 Å². The smallest absolute Gasteiger partial charge is 0.136 e. The first-order chi connectivity index (χ1) is 8.56. The Hall–Kier alpha value is -0.930. The van der Waals surface area contributed by atoms with E-state index in [4.69, 9.17) is 11.6 Å². The average Bonchev–Trinajstić information content (AvgIpc) is 2.39. The molecule has 0 saturated carbocycles. The Labute approximate surface area is 115 Å². The molecule has 0 spiro atoms. The van der Waals surface area contributed by atoms with Crippen LogP contribution in [-0.4, -0.2) is 42.3 Å². The summed E-state index contributed by atoms with van der Waals surface area (Å²) in [6, 6.07) is 5.27. The molecule has 3 nitrogen and oxygen atoms in total. The number of anilines is 1. The highest BCUT2D eigenvalue weighted by atomic mass is 35.5. The molecular weight excluding hydrogens is 248 g/mol. The van der Waals surface area contributed by atoms with Crippen LogP contribution in [0.2, 0.25) is 5.02 Å². The van der Waals surface area contributed by atoms with E-state index in [9.17, 15) is 5.11 Å². The first kappa shape index (κ1) is 15.1. The summed E-state index contributed by atoms with van der Waals surface area (Å²) in [5, 5.41) is 13.2. The van der Waals surface area contributed by atoms with Gasteiger partial charge in [0, 0.05) is 11.8 Å². The number of hydrogen-bond acceptors (Lipinski definition) is 2. The highest BCUT2D eigenvalue weighted by Gasteiger charge is 2.19. The van der Waals surface area contributed by atoms with Crippen molar-refractivity contribution < 1.29 is 9.59 Å². The van der Waals surface area contributed by atoms with Crippen LogP contribution >= 0.6 is 11.6 Å². The second-order valence-electron chi connectivity index (χ2n) is 4.61. The molecule has 0 aliphatic rings. The fourth-order valence-corrected chi connectivity index (χ4v) is 2.32. The Morgan fingerprint density at radius 3 is 2.28 bits per heavy atom. The molecule has 0 bridgehead atoms. The molecule has 2 N–H and O–H groups in total. The van der Waals surface area contributed by atoms with Gasteiger partial charge in [0.15, 0.2) is 0 Å². The number of quaternary nitrogens is 1. The van der Waals surface area contributed by atoms with Gasteiger partial charge in [0.2, 0.25) is 0 Å². The minimum Gasteiger partial charge on any atom is -0.506 e. The molecule has 0 aliphatic heterocycles. The van der Waals surface area contributed by atoms with Crippen LogP contribution in [-0.2, 0) is 0 Å². The van der Waals surface area contributed by atoms with Crippen LogP contribution in [0.1, 0.15) is 20.8 Å². The van der Waals surface area contributed by atoms with Crippen molar-refractivity contribution in [3.63, 3.8) is 0 Å². The van der Waals surface area contributed by atoms with Crippen molar-refractivity contribution >= 4 is 17.3 Å².